The van der Waals surface area contributed by atoms with Gasteiger partial charge in [-0.1, -0.05) is 30.4 Å². The number of nitrogens with zero attached hydrogens (tertiary/aromatic N) is 1. The molecule has 4 atom stereocenters. The average Bonchev–Trinajstić information content (AvgIpc) is 2.72. The highest BCUT2D eigenvalue weighted by atomic mass is 14.5. The first-order valence-corrected chi connectivity index (χ1v) is 4.38. The van der Waals surface area contributed by atoms with Gasteiger partial charge in [0.2, 0.25) is 0 Å². The Labute approximate surface area is 71.7 Å². The molecule has 3 aliphatic rings. The molecule has 0 unspecified atom stereocenters. The van der Waals surface area contributed by atoms with Crippen molar-refractivity contribution in [3.05, 3.63) is 36.0 Å². The molecule has 0 aliphatic heterocycles. The lowest BCUT2D eigenvalue weighted by Gasteiger charge is -2.14. The SMILES string of the molecule is N#CC1=C[C@@H]2C=C[C@@H]3C=C[C@H]1[C@H]32. The number of hydrogen-bond acceptors (Lipinski definition) is 1. The van der Waals surface area contributed by atoms with E-state index in [0.717, 1.165) is 5.57 Å². The van der Waals surface area contributed by atoms with Crippen LogP contribution in [0.3, 0.4) is 0 Å². The molecule has 0 radical (unpaired) electrons. The third-order valence-corrected chi connectivity index (χ3v) is 3.26. The highest BCUT2D eigenvalue weighted by molar-refractivity contribution is 5.43. The molecule has 1 nitrogen and oxygen atoms in total. The molecule has 3 rings (SSSR count). The van der Waals surface area contributed by atoms with Gasteiger partial charge in [-0.2, -0.15) is 5.26 Å². The van der Waals surface area contributed by atoms with Crippen LogP contribution in [0.1, 0.15) is 0 Å². The molecule has 0 N–H and O–H groups in total. The van der Waals surface area contributed by atoms with Crippen LogP contribution in [0.4, 0.5) is 0 Å². The predicted molar refractivity (Wildman–Crippen MR) is 45.9 cm³/mol. The molecule has 12 heavy (non-hydrogen) atoms. The molecule has 0 amide bonds. The van der Waals surface area contributed by atoms with Crippen LogP contribution in [-0.4, -0.2) is 0 Å². The zero-order valence-electron chi connectivity index (χ0n) is 6.64. The monoisotopic (exact) mass is 155 g/mol. The number of rotatable bonds is 0. The normalized spacial score (nSPS) is 46.1. The lowest BCUT2D eigenvalue weighted by Crippen LogP contribution is -2.12. The van der Waals surface area contributed by atoms with E-state index in [0.29, 0.717) is 23.7 Å². The average molecular weight is 155 g/mol. The van der Waals surface area contributed by atoms with E-state index in [1.807, 2.05) is 0 Å². The van der Waals surface area contributed by atoms with Crippen molar-refractivity contribution in [3.63, 3.8) is 0 Å². The van der Waals surface area contributed by atoms with Gasteiger partial charge in [-0.15, -0.1) is 0 Å². The standard InChI is InChI=1S/C11H9N/c12-6-9-5-8-2-1-7-3-4-10(9)11(7)8/h1-5,7-8,10-11H/t7-,8+,10-,11-/m1/s1. The highest BCUT2D eigenvalue weighted by Gasteiger charge is 2.44. The van der Waals surface area contributed by atoms with Crippen molar-refractivity contribution in [2.75, 3.05) is 0 Å². The van der Waals surface area contributed by atoms with Crippen molar-refractivity contribution >= 4 is 0 Å². The summed E-state index contributed by atoms with van der Waals surface area (Å²) in [6.07, 6.45) is 11.1. The summed E-state index contributed by atoms with van der Waals surface area (Å²) >= 11 is 0. The molecule has 0 heterocycles. The van der Waals surface area contributed by atoms with E-state index < -0.39 is 0 Å². The van der Waals surface area contributed by atoms with Crippen LogP contribution in [0.5, 0.6) is 0 Å². The zero-order valence-corrected chi connectivity index (χ0v) is 6.64. The maximum Gasteiger partial charge on any atom is 0.0950 e. The van der Waals surface area contributed by atoms with Gasteiger partial charge in [-0.25, -0.2) is 0 Å². The first-order chi connectivity index (χ1) is 5.90. The van der Waals surface area contributed by atoms with Gasteiger partial charge in [0, 0.05) is 17.4 Å². The lowest BCUT2D eigenvalue weighted by atomic mass is 9.87. The number of allylic oxidation sites excluding steroid dienone is 6. The zero-order chi connectivity index (χ0) is 8.13. The topological polar surface area (TPSA) is 23.8 Å². The quantitative estimate of drug-likeness (QED) is 0.491. The van der Waals surface area contributed by atoms with Crippen molar-refractivity contribution in [2.45, 2.75) is 0 Å². The predicted octanol–water partition coefficient (Wildman–Crippen LogP) is 2.05. The Kier molecular flexibility index (Phi) is 0.988. The fraction of sp³-hybridized carbons (Fsp3) is 0.364. The van der Waals surface area contributed by atoms with E-state index in [-0.39, 0.29) is 0 Å². The van der Waals surface area contributed by atoms with Crippen LogP contribution in [0.2, 0.25) is 0 Å². The van der Waals surface area contributed by atoms with Crippen LogP contribution in [-0.2, 0) is 0 Å². The van der Waals surface area contributed by atoms with Gasteiger partial charge in [0.1, 0.15) is 0 Å². The van der Waals surface area contributed by atoms with Crippen LogP contribution < -0.4 is 0 Å². The fourth-order valence-electron chi connectivity index (χ4n) is 2.73. The minimum Gasteiger partial charge on any atom is -0.193 e. The summed E-state index contributed by atoms with van der Waals surface area (Å²) in [5.74, 6) is 2.26. The summed E-state index contributed by atoms with van der Waals surface area (Å²) in [6.45, 7) is 0. The van der Waals surface area contributed by atoms with Crippen molar-refractivity contribution in [1.29, 1.82) is 5.26 Å². The smallest absolute Gasteiger partial charge is 0.0950 e. The van der Waals surface area contributed by atoms with Crippen LogP contribution >= 0.6 is 0 Å². The van der Waals surface area contributed by atoms with E-state index in [1.54, 1.807) is 0 Å². The van der Waals surface area contributed by atoms with E-state index in [4.69, 9.17) is 5.26 Å². The summed E-state index contributed by atoms with van der Waals surface area (Å²) in [5.41, 5.74) is 0.980. The second kappa shape index (κ2) is 1.90. The molecule has 1 heteroatoms. The number of hydrogen-bond donors (Lipinski definition) is 0. The third kappa shape index (κ3) is 0.549. The van der Waals surface area contributed by atoms with Gasteiger partial charge in [0.05, 0.1) is 6.07 Å². The molecule has 3 aliphatic carbocycles. The molecule has 0 aromatic heterocycles. The molecule has 58 valence electrons. The summed E-state index contributed by atoms with van der Waals surface area (Å²) < 4.78 is 0. The first-order valence-electron chi connectivity index (χ1n) is 4.38. The second-order valence-electron chi connectivity index (χ2n) is 3.76. The van der Waals surface area contributed by atoms with Crippen molar-refractivity contribution in [3.8, 4) is 6.07 Å². The maximum absolute atomic E-state index is 8.86. The molecule has 0 saturated carbocycles. The molecule has 0 aromatic carbocycles. The van der Waals surface area contributed by atoms with Gasteiger partial charge in [0.25, 0.3) is 0 Å². The largest absolute Gasteiger partial charge is 0.193 e. The van der Waals surface area contributed by atoms with E-state index in [1.165, 1.54) is 0 Å². The van der Waals surface area contributed by atoms with Gasteiger partial charge >= 0.3 is 0 Å². The fourth-order valence-corrected chi connectivity index (χ4v) is 2.73. The first kappa shape index (κ1) is 6.25. The van der Waals surface area contributed by atoms with Crippen molar-refractivity contribution in [2.24, 2.45) is 23.7 Å². The molecule has 0 fully saturated rings. The van der Waals surface area contributed by atoms with Gasteiger partial charge < -0.3 is 0 Å². The molecule has 0 saturated heterocycles. The Bertz CT molecular complexity index is 354. The maximum atomic E-state index is 8.86. The molecular formula is C11H9N. The van der Waals surface area contributed by atoms with E-state index in [9.17, 15) is 0 Å². The van der Waals surface area contributed by atoms with Crippen molar-refractivity contribution in [1.82, 2.24) is 0 Å². The minimum atomic E-state index is 0.431. The van der Waals surface area contributed by atoms with Crippen LogP contribution in [0.15, 0.2) is 36.0 Å². The molecule has 0 bridgehead atoms. The Morgan fingerprint density at radius 2 is 1.83 bits per heavy atom. The van der Waals surface area contributed by atoms with Crippen LogP contribution in [0.25, 0.3) is 0 Å². The number of nitriles is 1. The Hall–Kier alpha value is -1.29. The summed E-state index contributed by atoms with van der Waals surface area (Å²) in [6, 6.07) is 2.30. The van der Waals surface area contributed by atoms with Crippen molar-refractivity contribution < 1.29 is 0 Å². The van der Waals surface area contributed by atoms with E-state index >= 15 is 0 Å². The summed E-state index contributed by atoms with van der Waals surface area (Å²) in [5, 5.41) is 8.86. The third-order valence-electron chi connectivity index (χ3n) is 3.26. The minimum absolute atomic E-state index is 0.431. The van der Waals surface area contributed by atoms with E-state index in [2.05, 4.69) is 36.4 Å². The van der Waals surface area contributed by atoms with Gasteiger partial charge in [0.15, 0.2) is 0 Å². The van der Waals surface area contributed by atoms with Gasteiger partial charge in [-0.3, -0.25) is 0 Å². The highest BCUT2D eigenvalue weighted by Crippen LogP contribution is 2.50. The lowest BCUT2D eigenvalue weighted by molar-refractivity contribution is 0.415. The Morgan fingerprint density at radius 1 is 1.08 bits per heavy atom. The second-order valence-corrected chi connectivity index (χ2v) is 3.76. The Balaban J connectivity index is 2.12. The Morgan fingerprint density at radius 3 is 2.67 bits per heavy atom. The summed E-state index contributed by atoms with van der Waals surface area (Å²) in [7, 11) is 0. The molecule has 0 aromatic rings. The molecular weight excluding hydrogens is 146 g/mol. The molecule has 0 spiro atoms. The van der Waals surface area contributed by atoms with Crippen LogP contribution in [0, 0.1) is 35.0 Å². The summed E-state index contributed by atoms with van der Waals surface area (Å²) in [4.78, 5) is 0. The van der Waals surface area contributed by atoms with Gasteiger partial charge in [-0.05, 0) is 11.8 Å².